The summed E-state index contributed by atoms with van der Waals surface area (Å²) in [5.41, 5.74) is 1.42. The van der Waals surface area contributed by atoms with Crippen LogP contribution in [-0.2, 0) is 18.4 Å². The zero-order valence-electron chi connectivity index (χ0n) is 12.0. The van der Waals surface area contributed by atoms with Crippen LogP contribution in [0.4, 0.5) is 5.82 Å². The van der Waals surface area contributed by atoms with E-state index in [1.165, 1.54) is 10.7 Å². The van der Waals surface area contributed by atoms with Gasteiger partial charge in [-0.05, 0) is 24.8 Å². The summed E-state index contributed by atoms with van der Waals surface area (Å²) in [5, 5.41) is 21.3. The molecule has 0 aromatic carbocycles. The fourth-order valence-corrected chi connectivity index (χ4v) is 1.96. The number of hydrogen-bond acceptors (Lipinski definition) is 5. The number of aromatic nitrogens is 4. The number of aryl methyl sites for hydroxylation is 2. The summed E-state index contributed by atoms with van der Waals surface area (Å²) < 4.78 is 3.01. The van der Waals surface area contributed by atoms with Crippen LogP contribution in [0.1, 0.15) is 24.4 Å². The van der Waals surface area contributed by atoms with Gasteiger partial charge in [-0.25, -0.2) is 0 Å². The molecule has 21 heavy (non-hydrogen) atoms. The van der Waals surface area contributed by atoms with E-state index in [9.17, 15) is 14.9 Å². The number of rotatable bonds is 5. The van der Waals surface area contributed by atoms with Crippen LogP contribution in [0.25, 0.3) is 0 Å². The first-order chi connectivity index (χ1) is 9.90. The predicted octanol–water partition coefficient (Wildman–Crippen LogP) is 0.711. The van der Waals surface area contributed by atoms with Gasteiger partial charge in [0.25, 0.3) is 0 Å². The number of nitrogens with one attached hydrogen (secondary N) is 1. The quantitative estimate of drug-likeness (QED) is 0.645. The Labute approximate surface area is 120 Å². The highest BCUT2D eigenvalue weighted by molar-refractivity contribution is 5.79. The Kier molecular flexibility index (Phi) is 4.01. The first-order valence-corrected chi connectivity index (χ1v) is 6.35. The van der Waals surface area contributed by atoms with Gasteiger partial charge in [0.2, 0.25) is 5.91 Å². The van der Waals surface area contributed by atoms with Crippen molar-refractivity contribution in [3.8, 4) is 0 Å². The summed E-state index contributed by atoms with van der Waals surface area (Å²) in [6.07, 6.45) is 1.64. The van der Waals surface area contributed by atoms with Crippen molar-refractivity contribution in [2.75, 3.05) is 0 Å². The van der Waals surface area contributed by atoms with Gasteiger partial charge in [0.15, 0.2) is 0 Å². The third-order valence-electron chi connectivity index (χ3n) is 3.21. The maximum absolute atomic E-state index is 12.1. The highest BCUT2D eigenvalue weighted by Crippen LogP contribution is 2.16. The van der Waals surface area contributed by atoms with E-state index in [0.717, 1.165) is 5.69 Å². The van der Waals surface area contributed by atoms with Gasteiger partial charge < -0.3 is 15.4 Å². The molecule has 0 radical (unpaired) electrons. The van der Waals surface area contributed by atoms with Crippen LogP contribution in [0.3, 0.4) is 0 Å². The van der Waals surface area contributed by atoms with E-state index in [4.69, 9.17) is 0 Å². The summed E-state index contributed by atoms with van der Waals surface area (Å²) in [6.45, 7) is 3.65. The van der Waals surface area contributed by atoms with Gasteiger partial charge in [-0.3, -0.25) is 9.48 Å². The Morgan fingerprint density at radius 1 is 1.57 bits per heavy atom. The second-order valence-corrected chi connectivity index (χ2v) is 4.69. The molecule has 1 N–H and O–H groups in total. The van der Waals surface area contributed by atoms with E-state index in [1.54, 1.807) is 37.8 Å². The van der Waals surface area contributed by atoms with Crippen molar-refractivity contribution in [2.24, 2.45) is 7.05 Å². The molecule has 112 valence electrons. The Balaban J connectivity index is 2.05. The minimum Gasteiger partial charge on any atom is -0.358 e. The zero-order valence-corrected chi connectivity index (χ0v) is 12.0. The van der Waals surface area contributed by atoms with Crippen molar-refractivity contribution >= 4 is 11.7 Å². The molecule has 1 amide bonds. The third kappa shape index (κ3) is 3.07. The fraction of sp³-hybridized carbons (Fsp3) is 0.417. The van der Waals surface area contributed by atoms with Crippen LogP contribution < -0.4 is 5.32 Å². The van der Waals surface area contributed by atoms with Crippen LogP contribution in [0.15, 0.2) is 18.3 Å². The van der Waals surface area contributed by atoms with Gasteiger partial charge in [0.1, 0.15) is 6.04 Å². The highest BCUT2D eigenvalue weighted by atomic mass is 16.6. The summed E-state index contributed by atoms with van der Waals surface area (Å²) in [4.78, 5) is 22.2. The summed E-state index contributed by atoms with van der Waals surface area (Å²) in [6, 6.07) is 2.51. The van der Waals surface area contributed by atoms with Gasteiger partial charge >= 0.3 is 5.82 Å². The Hall–Kier alpha value is -2.71. The molecule has 1 unspecified atom stereocenters. The van der Waals surface area contributed by atoms with Gasteiger partial charge in [-0.1, -0.05) is 0 Å². The molecular weight excluding hydrogens is 276 g/mol. The normalized spacial score (nSPS) is 12.1. The maximum Gasteiger partial charge on any atom is 0.390 e. The molecule has 2 aromatic heterocycles. The molecule has 0 spiro atoms. The number of carbonyl (C=O) groups is 1. The molecule has 1 atom stereocenters. The molecular formula is C12H16N6O3. The van der Waals surface area contributed by atoms with E-state index in [-0.39, 0.29) is 11.7 Å². The molecule has 0 saturated carbocycles. The lowest BCUT2D eigenvalue weighted by atomic mass is 10.3. The zero-order chi connectivity index (χ0) is 15.6. The van der Waals surface area contributed by atoms with E-state index in [0.29, 0.717) is 12.2 Å². The monoisotopic (exact) mass is 292 g/mol. The summed E-state index contributed by atoms with van der Waals surface area (Å²) in [7, 11) is 1.78. The Bertz CT molecular complexity index is 674. The van der Waals surface area contributed by atoms with Crippen molar-refractivity contribution in [1.82, 2.24) is 24.9 Å². The molecule has 0 aliphatic heterocycles. The largest absolute Gasteiger partial charge is 0.390 e. The minimum atomic E-state index is -0.632. The smallest absolute Gasteiger partial charge is 0.358 e. The van der Waals surface area contributed by atoms with E-state index in [1.807, 2.05) is 0 Å². The van der Waals surface area contributed by atoms with E-state index < -0.39 is 11.0 Å². The van der Waals surface area contributed by atoms with Gasteiger partial charge in [-0.15, -0.1) is 0 Å². The molecule has 0 aliphatic rings. The predicted molar refractivity (Wildman–Crippen MR) is 73.4 cm³/mol. The molecule has 2 rings (SSSR count). The summed E-state index contributed by atoms with van der Waals surface area (Å²) in [5.74, 6) is -0.531. The van der Waals surface area contributed by atoms with Crippen LogP contribution >= 0.6 is 0 Å². The maximum atomic E-state index is 12.1. The van der Waals surface area contributed by atoms with E-state index >= 15 is 0 Å². The number of carbonyl (C=O) groups excluding carboxylic acids is 1. The lowest BCUT2D eigenvalue weighted by Gasteiger charge is -2.11. The summed E-state index contributed by atoms with van der Waals surface area (Å²) >= 11 is 0. The van der Waals surface area contributed by atoms with Crippen LogP contribution in [0, 0.1) is 17.0 Å². The SMILES string of the molecule is Cc1cc([N+](=O)[O-])nn1C(C)C(=O)NCc1ccnn1C. The van der Waals surface area contributed by atoms with Crippen molar-refractivity contribution in [1.29, 1.82) is 0 Å². The molecule has 9 heteroatoms. The van der Waals surface area contributed by atoms with Crippen LogP contribution in [0.5, 0.6) is 0 Å². The highest BCUT2D eigenvalue weighted by Gasteiger charge is 2.24. The third-order valence-corrected chi connectivity index (χ3v) is 3.21. The van der Waals surface area contributed by atoms with Gasteiger partial charge in [-0.2, -0.15) is 9.78 Å². The van der Waals surface area contributed by atoms with E-state index in [2.05, 4.69) is 15.5 Å². The van der Waals surface area contributed by atoms with Gasteiger partial charge in [0.05, 0.1) is 29.1 Å². The second-order valence-electron chi connectivity index (χ2n) is 4.69. The van der Waals surface area contributed by atoms with Crippen LogP contribution in [-0.4, -0.2) is 30.4 Å². The average Bonchev–Trinajstić information content (AvgIpc) is 3.01. The Morgan fingerprint density at radius 2 is 2.29 bits per heavy atom. The van der Waals surface area contributed by atoms with Crippen molar-refractivity contribution in [3.63, 3.8) is 0 Å². The molecule has 2 heterocycles. The minimum absolute atomic E-state index is 0.265. The first kappa shape index (κ1) is 14.7. The first-order valence-electron chi connectivity index (χ1n) is 6.35. The van der Waals surface area contributed by atoms with Crippen LogP contribution in [0.2, 0.25) is 0 Å². The molecule has 9 nitrogen and oxygen atoms in total. The lowest BCUT2D eigenvalue weighted by molar-refractivity contribution is -0.389. The fourth-order valence-electron chi connectivity index (χ4n) is 1.96. The molecule has 0 aliphatic carbocycles. The molecule has 0 bridgehead atoms. The second kappa shape index (κ2) is 5.73. The molecule has 2 aromatic rings. The number of amides is 1. The van der Waals surface area contributed by atoms with Crippen molar-refractivity contribution in [3.05, 3.63) is 39.8 Å². The topological polar surface area (TPSA) is 108 Å². The van der Waals surface area contributed by atoms with Crippen molar-refractivity contribution < 1.29 is 9.72 Å². The number of nitrogens with zero attached hydrogens (tertiary/aromatic N) is 5. The standard InChI is InChI=1S/C12H16N6O3/c1-8-6-11(18(20)21)15-17(8)9(2)12(19)13-7-10-4-5-14-16(10)3/h4-6,9H,7H2,1-3H3,(H,13,19). The molecule has 0 saturated heterocycles. The van der Waals surface area contributed by atoms with Crippen molar-refractivity contribution in [2.45, 2.75) is 26.4 Å². The Morgan fingerprint density at radius 3 is 2.81 bits per heavy atom. The number of hydrogen-bond donors (Lipinski definition) is 1. The average molecular weight is 292 g/mol. The lowest BCUT2D eigenvalue weighted by Crippen LogP contribution is -2.32. The number of nitro groups is 1. The molecule has 0 fully saturated rings. The van der Waals surface area contributed by atoms with Gasteiger partial charge in [0, 0.05) is 13.2 Å².